The number of carbonyl (C=O) groups excluding carboxylic acids is 2. The Kier molecular flexibility index (Phi) is 4.55. The number of hydrogen-bond acceptors (Lipinski definition) is 6. The van der Waals surface area contributed by atoms with E-state index in [0.717, 1.165) is 16.7 Å². The lowest BCUT2D eigenvalue weighted by Gasteiger charge is -2.40. The zero-order valence-electron chi connectivity index (χ0n) is 16.7. The van der Waals surface area contributed by atoms with Crippen molar-refractivity contribution in [2.24, 2.45) is 0 Å². The second-order valence-electron chi connectivity index (χ2n) is 8.08. The average molecular weight is 415 g/mol. The number of hydrogen-bond donors (Lipinski definition) is 2. The van der Waals surface area contributed by atoms with Gasteiger partial charge in [-0.25, -0.2) is 14.8 Å². The molecular formula is C24H21N3O4. The third-order valence-electron chi connectivity index (χ3n) is 6.22. The van der Waals surface area contributed by atoms with Crippen molar-refractivity contribution in [2.45, 2.75) is 36.9 Å². The number of anilines is 1. The Labute approximate surface area is 179 Å². The molecule has 156 valence electrons. The molecule has 1 aliphatic carbocycles. The lowest BCUT2D eigenvalue weighted by Crippen LogP contribution is -2.49. The molecule has 0 bridgehead atoms. The SMILES string of the molecule is O=C1O[C@]2(CC[C@@](O)(C(=O)Nc3ncc(-c4ccccc4)cn3)CC2)c2ccccc21. The van der Waals surface area contributed by atoms with E-state index in [4.69, 9.17) is 4.74 Å². The summed E-state index contributed by atoms with van der Waals surface area (Å²) in [5.41, 5.74) is 0.859. The summed E-state index contributed by atoms with van der Waals surface area (Å²) in [4.78, 5) is 33.4. The minimum atomic E-state index is -1.57. The van der Waals surface area contributed by atoms with Gasteiger partial charge in [-0.1, -0.05) is 48.5 Å². The highest BCUT2D eigenvalue weighted by molar-refractivity contribution is 5.97. The van der Waals surface area contributed by atoms with Crippen LogP contribution in [0.3, 0.4) is 0 Å². The summed E-state index contributed by atoms with van der Waals surface area (Å²) in [6.07, 6.45) is 4.34. The largest absolute Gasteiger partial charge is 0.451 e. The normalized spacial score (nSPS) is 24.5. The van der Waals surface area contributed by atoms with Crippen molar-refractivity contribution < 1.29 is 19.4 Å². The van der Waals surface area contributed by atoms with Crippen LogP contribution in [0.25, 0.3) is 11.1 Å². The van der Waals surface area contributed by atoms with Gasteiger partial charge in [0.15, 0.2) is 0 Å². The molecule has 0 unspecified atom stereocenters. The molecule has 1 amide bonds. The average Bonchev–Trinajstić information content (AvgIpc) is 3.09. The highest BCUT2D eigenvalue weighted by atomic mass is 16.6. The Morgan fingerprint density at radius 3 is 2.26 bits per heavy atom. The summed E-state index contributed by atoms with van der Waals surface area (Å²) in [6, 6.07) is 17.0. The first-order chi connectivity index (χ1) is 15.0. The van der Waals surface area contributed by atoms with Crippen molar-refractivity contribution in [3.63, 3.8) is 0 Å². The molecule has 1 aliphatic heterocycles. The van der Waals surface area contributed by atoms with Gasteiger partial charge in [-0.3, -0.25) is 10.1 Å². The van der Waals surface area contributed by atoms with Gasteiger partial charge in [0, 0.05) is 23.5 Å². The molecule has 0 saturated heterocycles. The van der Waals surface area contributed by atoms with Gasteiger partial charge in [-0.15, -0.1) is 0 Å². The summed E-state index contributed by atoms with van der Waals surface area (Å²) in [7, 11) is 0. The molecule has 1 spiro atoms. The van der Waals surface area contributed by atoms with Crippen LogP contribution in [0.1, 0.15) is 41.6 Å². The lowest BCUT2D eigenvalue weighted by atomic mass is 9.72. The number of rotatable bonds is 3. The number of carbonyl (C=O) groups is 2. The molecule has 7 nitrogen and oxygen atoms in total. The molecule has 0 atom stereocenters. The topological polar surface area (TPSA) is 101 Å². The zero-order valence-corrected chi connectivity index (χ0v) is 16.7. The van der Waals surface area contributed by atoms with E-state index in [9.17, 15) is 14.7 Å². The van der Waals surface area contributed by atoms with E-state index in [1.54, 1.807) is 24.5 Å². The molecule has 1 saturated carbocycles. The van der Waals surface area contributed by atoms with Gasteiger partial charge in [0.2, 0.25) is 5.95 Å². The highest BCUT2D eigenvalue weighted by Gasteiger charge is 2.52. The maximum Gasteiger partial charge on any atom is 0.339 e. The number of ether oxygens (including phenoxy) is 1. The number of aromatic nitrogens is 2. The van der Waals surface area contributed by atoms with Crippen LogP contribution in [0.2, 0.25) is 0 Å². The van der Waals surface area contributed by atoms with Gasteiger partial charge in [-0.05, 0) is 37.3 Å². The van der Waals surface area contributed by atoms with E-state index < -0.39 is 17.1 Å². The third kappa shape index (κ3) is 3.37. The van der Waals surface area contributed by atoms with Gasteiger partial charge < -0.3 is 9.84 Å². The van der Waals surface area contributed by atoms with E-state index in [0.29, 0.717) is 18.4 Å². The van der Waals surface area contributed by atoms with Gasteiger partial charge in [0.25, 0.3) is 5.91 Å². The molecular weight excluding hydrogens is 394 g/mol. The first-order valence-electron chi connectivity index (χ1n) is 10.2. The first kappa shape index (κ1) is 19.4. The maximum atomic E-state index is 12.8. The molecule has 7 heteroatoms. The molecule has 1 fully saturated rings. The molecule has 2 aliphatic rings. The van der Waals surface area contributed by atoms with Gasteiger partial charge in [0.1, 0.15) is 11.2 Å². The molecule has 3 aromatic rings. The van der Waals surface area contributed by atoms with E-state index >= 15 is 0 Å². The Hall–Kier alpha value is -3.58. The van der Waals surface area contributed by atoms with Crippen LogP contribution < -0.4 is 5.32 Å². The van der Waals surface area contributed by atoms with Crippen LogP contribution in [0.15, 0.2) is 67.0 Å². The van der Waals surface area contributed by atoms with Gasteiger partial charge in [0.05, 0.1) is 5.56 Å². The quantitative estimate of drug-likeness (QED) is 0.636. The lowest BCUT2D eigenvalue weighted by molar-refractivity contribution is -0.144. The summed E-state index contributed by atoms with van der Waals surface area (Å²) < 4.78 is 5.70. The summed E-state index contributed by atoms with van der Waals surface area (Å²) in [6.45, 7) is 0. The Morgan fingerprint density at radius 2 is 1.55 bits per heavy atom. The minimum absolute atomic E-state index is 0.135. The second-order valence-corrected chi connectivity index (χ2v) is 8.08. The number of esters is 1. The number of nitrogens with one attached hydrogen (secondary N) is 1. The molecule has 2 heterocycles. The number of amides is 1. The fourth-order valence-electron chi connectivity index (χ4n) is 4.40. The van der Waals surface area contributed by atoms with E-state index in [2.05, 4.69) is 15.3 Å². The van der Waals surface area contributed by atoms with Crippen molar-refractivity contribution in [2.75, 3.05) is 5.32 Å². The second kappa shape index (κ2) is 7.28. The van der Waals surface area contributed by atoms with E-state index in [1.165, 1.54) is 0 Å². The molecule has 2 N–H and O–H groups in total. The van der Waals surface area contributed by atoms with Crippen molar-refractivity contribution in [1.29, 1.82) is 0 Å². The van der Waals surface area contributed by atoms with Gasteiger partial charge >= 0.3 is 5.97 Å². The monoisotopic (exact) mass is 415 g/mol. The molecule has 0 radical (unpaired) electrons. The summed E-state index contributed by atoms with van der Waals surface area (Å²) in [5, 5.41) is 13.6. The number of nitrogens with zero attached hydrogens (tertiary/aromatic N) is 2. The Morgan fingerprint density at radius 1 is 0.903 bits per heavy atom. The predicted octanol–water partition coefficient (Wildman–Crippen LogP) is 3.45. The fourth-order valence-corrected chi connectivity index (χ4v) is 4.40. The fraction of sp³-hybridized carbons (Fsp3) is 0.250. The van der Waals surface area contributed by atoms with Crippen LogP contribution >= 0.6 is 0 Å². The maximum absolute atomic E-state index is 12.8. The van der Waals surface area contributed by atoms with Crippen LogP contribution in [-0.4, -0.2) is 32.6 Å². The molecule has 2 aromatic carbocycles. The number of aliphatic hydroxyl groups is 1. The molecule has 31 heavy (non-hydrogen) atoms. The minimum Gasteiger partial charge on any atom is -0.451 e. The smallest absolute Gasteiger partial charge is 0.339 e. The van der Waals surface area contributed by atoms with Crippen molar-refractivity contribution >= 4 is 17.8 Å². The van der Waals surface area contributed by atoms with Crippen LogP contribution in [-0.2, 0) is 15.1 Å². The summed E-state index contributed by atoms with van der Waals surface area (Å²) in [5.74, 6) is -0.763. The Bertz CT molecular complexity index is 1140. The van der Waals surface area contributed by atoms with Crippen LogP contribution in [0.5, 0.6) is 0 Å². The Balaban J connectivity index is 1.28. The summed E-state index contributed by atoms with van der Waals surface area (Å²) >= 11 is 0. The third-order valence-corrected chi connectivity index (χ3v) is 6.22. The van der Waals surface area contributed by atoms with Crippen molar-refractivity contribution in [3.05, 3.63) is 78.1 Å². The van der Waals surface area contributed by atoms with Crippen molar-refractivity contribution in [1.82, 2.24) is 9.97 Å². The predicted molar refractivity (Wildman–Crippen MR) is 113 cm³/mol. The number of benzene rings is 2. The van der Waals surface area contributed by atoms with E-state index in [-0.39, 0.29) is 24.8 Å². The van der Waals surface area contributed by atoms with E-state index in [1.807, 2.05) is 42.5 Å². The zero-order chi connectivity index (χ0) is 21.5. The molecule has 1 aromatic heterocycles. The number of fused-ring (bicyclic) bond motifs is 2. The molecule has 5 rings (SSSR count). The first-order valence-corrected chi connectivity index (χ1v) is 10.2. The van der Waals surface area contributed by atoms with Crippen LogP contribution in [0.4, 0.5) is 5.95 Å². The highest BCUT2D eigenvalue weighted by Crippen LogP contribution is 2.49. The van der Waals surface area contributed by atoms with Crippen molar-refractivity contribution in [3.8, 4) is 11.1 Å². The standard InChI is InChI=1S/C24H21N3O4/c28-20-18-8-4-5-9-19(18)24(31-20)12-10-23(30,11-13-24)21(29)27-22-25-14-17(15-26-22)16-6-2-1-3-7-16/h1-9,14-15,30H,10-13H2,(H,25,26,27,29)/t23-,24-. The van der Waals surface area contributed by atoms with Crippen LogP contribution in [0, 0.1) is 0 Å². The van der Waals surface area contributed by atoms with Gasteiger partial charge in [-0.2, -0.15) is 0 Å².